The van der Waals surface area contributed by atoms with Gasteiger partial charge in [0.1, 0.15) is 0 Å². The first-order chi connectivity index (χ1) is 9.60. The van der Waals surface area contributed by atoms with Gasteiger partial charge in [-0.3, -0.25) is 4.79 Å². The number of anilines is 1. The van der Waals surface area contributed by atoms with Crippen LogP contribution in [0.2, 0.25) is 0 Å². The molecule has 2 amide bonds. The summed E-state index contributed by atoms with van der Waals surface area (Å²) >= 11 is 0. The van der Waals surface area contributed by atoms with Crippen LogP contribution in [0.15, 0.2) is 24.3 Å². The SMILES string of the molecule is N#Cc1cccc(NC(=O)N(CCC(=O)O)C2CC2)c1. The number of nitriles is 1. The van der Waals surface area contributed by atoms with Gasteiger partial charge in [0.25, 0.3) is 0 Å². The molecule has 1 aliphatic rings. The van der Waals surface area contributed by atoms with Gasteiger partial charge in [0.15, 0.2) is 0 Å². The number of carbonyl (C=O) groups excluding carboxylic acids is 1. The summed E-state index contributed by atoms with van der Waals surface area (Å²) in [6.45, 7) is 0.198. The van der Waals surface area contributed by atoms with Crippen LogP contribution in [0.5, 0.6) is 0 Å². The van der Waals surface area contributed by atoms with Gasteiger partial charge in [-0.15, -0.1) is 0 Å². The van der Waals surface area contributed by atoms with Crippen molar-refractivity contribution in [3.8, 4) is 6.07 Å². The van der Waals surface area contributed by atoms with Crippen LogP contribution in [0.1, 0.15) is 24.8 Å². The van der Waals surface area contributed by atoms with Gasteiger partial charge in [-0.1, -0.05) is 6.07 Å². The van der Waals surface area contributed by atoms with Crippen molar-refractivity contribution in [3.05, 3.63) is 29.8 Å². The van der Waals surface area contributed by atoms with Crippen LogP contribution >= 0.6 is 0 Å². The Balaban J connectivity index is 2.00. The van der Waals surface area contributed by atoms with Crippen LogP contribution in [-0.4, -0.2) is 34.6 Å². The molecule has 0 bridgehead atoms. The molecule has 0 aliphatic heterocycles. The Morgan fingerprint density at radius 3 is 2.80 bits per heavy atom. The molecular weight excluding hydrogens is 258 g/mol. The Kier molecular flexibility index (Phi) is 4.20. The summed E-state index contributed by atoms with van der Waals surface area (Å²) in [6.07, 6.45) is 1.75. The first kappa shape index (κ1) is 13.9. The maximum Gasteiger partial charge on any atom is 0.322 e. The first-order valence-electron chi connectivity index (χ1n) is 6.39. The van der Waals surface area contributed by atoms with E-state index in [0.29, 0.717) is 11.3 Å². The van der Waals surface area contributed by atoms with Crippen molar-refractivity contribution in [2.24, 2.45) is 0 Å². The molecule has 0 radical (unpaired) electrons. The molecule has 0 spiro atoms. The van der Waals surface area contributed by atoms with Crippen LogP contribution in [0.3, 0.4) is 0 Å². The average Bonchev–Trinajstić information content (AvgIpc) is 3.23. The van der Waals surface area contributed by atoms with E-state index in [0.717, 1.165) is 12.8 Å². The average molecular weight is 273 g/mol. The molecule has 1 fully saturated rings. The molecular formula is C14H15N3O3. The number of carbonyl (C=O) groups is 2. The number of nitrogens with one attached hydrogen (secondary N) is 1. The van der Waals surface area contributed by atoms with E-state index in [9.17, 15) is 9.59 Å². The zero-order chi connectivity index (χ0) is 14.5. The zero-order valence-corrected chi connectivity index (χ0v) is 10.9. The Labute approximate surface area is 116 Å². The number of nitrogens with zero attached hydrogens (tertiary/aromatic N) is 2. The van der Waals surface area contributed by atoms with Crippen LogP contribution in [0.25, 0.3) is 0 Å². The van der Waals surface area contributed by atoms with E-state index in [1.165, 1.54) is 0 Å². The van der Waals surface area contributed by atoms with E-state index in [1.807, 2.05) is 6.07 Å². The molecule has 1 aromatic carbocycles. The van der Waals surface area contributed by atoms with Gasteiger partial charge < -0.3 is 15.3 Å². The van der Waals surface area contributed by atoms with Gasteiger partial charge >= 0.3 is 12.0 Å². The van der Waals surface area contributed by atoms with Gasteiger partial charge in [-0.2, -0.15) is 5.26 Å². The number of benzene rings is 1. The van der Waals surface area contributed by atoms with E-state index >= 15 is 0 Å². The van der Waals surface area contributed by atoms with Crippen molar-refractivity contribution in [1.82, 2.24) is 4.90 Å². The third-order valence-corrected chi connectivity index (χ3v) is 3.06. The minimum atomic E-state index is -0.921. The predicted molar refractivity (Wildman–Crippen MR) is 72.2 cm³/mol. The van der Waals surface area contributed by atoms with E-state index in [-0.39, 0.29) is 25.0 Å². The lowest BCUT2D eigenvalue weighted by molar-refractivity contribution is -0.137. The summed E-state index contributed by atoms with van der Waals surface area (Å²) in [6, 6.07) is 8.44. The summed E-state index contributed by atoms with van der Waals surface area (Å²) in [5, 5.41) is 20.2. The predicted octanol–water partition coefficient (Wildman–Crippen LogP) is 2.03. The van der Waals surface area contributed by atoms with Crippen molar-refractivity contribution < 1.29 is 14.7 Å². The van der Waals surface area contributed by atoms with Gasteiger partial charge in [0, 0.05) is 18.3 Å². The van der Waals surface area contributed by atoms with Crippen LogP contribution in [-0.2, 0) is 4.79 Å². The Hall–Kier alpha value is -2.55. The number of amides is 2. The van der Waals surface area contributed by atoms with Crippen LogP contribution in [0.4, 0.5) is 10.5 Å². The molecule has 1 aliphatic carbocycles. The highest BCUT2D eigenvalue weighted by Crippen LogP contribution is 2.27. The molecule has 104 valence electrons. The highest BCUT2D eigenvalue weighted by atomic mass is 16.4. The highest BCUT2D eigenvalue weighted by Gasteiger charge is 2.32. The maximum atomic E-state index is 12.1. The molecule has 0 heterocycles. The van der Waals surface area contributed by atoms with E-state index in [2.05, 4.69) is 5.32 Å². The molecule has 0 unspecified atom stereocenters. The second kappa shape index (κ2) is 6.06. The summed E-state index contributed by atoms with van der Waals surface area (Å²) in [5.41, 5.74) is 1.00. The molecule has 6 nitrogen and oxygen atoms in total. The third-order valence-electron chi connectivity index (χ3n) is 3.06. The zero-order valence-electron chi connectivity index (χ0n) is 10.9. The van der Waals surface area contributed by atoms with Gasteiger partial charge in [-0.05, 0) is 31.0 Å². The minimum absolute atomic E-state index is 0.0673. The first-order valence-corrected chi connectivity index (χ1v) is 6.39. The largest absolute Gasteiger partial charge is 0.481 e. The highest BCUT2D eigenvalue weighted by molar-refractivity contribution is 5.90. The Bertz CT molecular complexity index is 561. The molecule has 2 rings (SSSR count). The second-order valence-corrected chi connectivity index (χ2v) is 4.69. The third kappa shape index (κ3) is 3.72. The lowest BCUT2D eigenvalue weighted by Gasteiger charge is -2.22. The number of aliphatic carboxylic acids is 1. The van der Waals surface area contributed by atoms with Crippen molar-refractivity contribution in [3.63, 3.8) is 0 Å². The summed E-state index contributed by atoms with van der Waals surface area (Å²) in [4.78, 5) is 24.3. The van der Waals surface area contributed by atoms with Crippen molar-refractivity contribution in [2.75, 3.05) is 11.9 Å². The number of carboxylic acids is 1. The Morgan fingerprint density at radius 1 is 1.45 bits per heavy atom. The lowest BCUT2D eigenvalue weighted by Crippen LogP contribution is -2.38. The van der Waals surface area contributed by atoms with E-state index < -0.39 is 5.97 Å². The van der Waals surface area contributed by atoms with E-state index in [4.69, 9.17) is 10.4 Å². The number of urea groups is 1. The maximum absolute atomic E-state index is 12.1. The molecule has 1 saturated carbocycles. The molecule has 2 N–H and O–H groups in total. The van der Waals surface area contributed by atoms with Crippen LogP contribution < -0.4 is 5.32 Å². The molecule has 1 aromatic rings. The van der Waals surface area contributed by atoms with Gasteiger partial charge in [-0.25, -0.2) is 4.79 Å². The fourth-order valence-electron chi connectivity index (χ4n) is 1.91. The van der Waals surface area contributed by atoms with Crippen LogP contribution in [0, 0.1) is 11.3 Å². The fourth-order valence-corrected chi connectivity index (χ4v) is 1.91. The molecule has 0 atom stereocenters. The summed E-state index contributed by atoms with van der Waals surface area (Å²) in [7, 11) is 0. The topological polar surface area (TPSA) is 93.4 Å². The molecule has 6 heteroatoms. The summed E-state index contributed by atoms with van der Waals surface area (Å²) in [5.74, 6) is -0.921. The van der Waals surface area contributed by atoms with Crippen molar-refractivity contribution in [1.29, 1.82) is 5.26 Å². The number of rotatable bonds is 5. The van der Waals surface area contributed by atoms with E-state index in [1.54, 1.807) is 29.2 Å². The monoisotopic (exact) mass is 273 g/mol. The Morgan fingerprint density at radius 2 is 2.20 bits per heavy atom. The van der Waals surface area contributed by atoms with Crippen molar-refractivity contribution >= 4 is 17.7 Å². The fraction of sp³-hybridized carbons (Fsp3) is 0.357. The minimum Gasteiger partial charge on any atom is -0.481 e. The summed E-state index contributed by atoms with van der Waals surface area (Å²) < 4.78 is 0. The molecule has 20 heavy (non-hydrogen) atoms. The molecule has 0 aromatic heterocycles. The van der Waals surface area contributed by atoms with Gasteiger partial charge in [0.05, 0.1) is 18.1 Å². The quantitative estimate of drug-likeness (QED) is 0.858. The molecule has 0 saturated heterocycles. The lowest BCUT2D eigenvalue weighted by atomic mass is 10.2. The normalized spacial score (nSPS) is 13.3. The standard InChI is InChI=1S/C14H15N3O3/c15-9-10-2-1-3-11(8-10)16-14(20)17(12-4-5-12)7-6-13(18)19/h1-3,8,12H,4-7H2,(H,16,20)(H,18,19). The van der Waals surface area contributed by atoms with Gasteiger partial charge in [0.2, 0.25) is 0 Å². The van der Waals surface area contributed by atoms with Crippen molar-refractivity contribution in [2.45, 2.75) is 25.3 Å². The number of carboxylic acid groups (broad SMARTS) is 1. The number of hydrogen-bond donors (Lipinski definition) is 2. The smallest absolute Gasteiger partial charge is 0.322 e. The second-order valence-electron chi connectivity index (χ2n) is 4.69. The number of hydrogen-bond acceptors (Lipinski definition) is 3.